The zero-order valence-electron chi connectivity index (χ0n) is 16.1. The van der Waals surface area contributed by atoms with Crippen molar-refractivity contribution in [3.05, 3.63) is 67.3 Å². The molecule has 2 aromatic heterocycles. The van der Waals surface area contributed by atoms with E-state index in [0.29, 0.717) is 0 Å². The van der Waals surface area contributed by atoms with Gasteiger partial charge in [-0.2, -0.15) is 0 Å². The summed E-state index contributed by atoms with van der Waals surface area (Å²) in [5.74, 6) is 0. The van der Waals surface area contributed by atoms with Crippen molar-refractivity contribution in [3.8, 4) is 0 Å². The third-order valence-electron chi connectivity index (χ3n) is 4.25. The van der Waals surface area contributed by atoms with E-state index in [-0.39, 0.29) is 65.7 Å². The molecule has 0 atom stereocenters. The van der Waals surface area contributed by atoms with Crippen LogP contribution in [0.1, 0.15) is 32.0 Å². The normalized spacial score (nSPS) is 11.1. The van der Waals surface area contributed by atoms with Crippen molar-refractivity contribution in [2.24, 2.45) is 5.41 Å². The molecule has 26 heavy (non-hydrogen) atoms. The van der Waals surface area contributed by atoms with Gasteiger partial charge in [-0.25, -0.2) is 0 Å². The van der Waals surface area contributed by atoms with Gasteiger partial charge in [0.2, 0.25) is 0 Å². The van der Waals surface area contributed by atoms with Gasteiger partial charge in [0.25, 0.3) is 0 Å². The Morgan fingerprint density at radius 2 is 1.85 bits per heavy atom. The second-order valence-electron chi connectivity index (χ2n) is 7.64. The standard InChI is InChI=1S/C21H21N2.CH3.Ir.Y/c1-14-9-10-19-18(11-14)16-7-5-6-8-17(16)20-22-15(13-23(19)20)12-21(2,3)4;;;/h5-7,9-11,13H,12H2,1-4H3;1H3;;/q2*-1;;. The SMILES string of the molecule is Cc1ccc2c(c1)c1ccc[c-]c1c1nc(CC(C)(C)C)cn21.[CH3-].[Ir].[Y]. The van der Waals surface area contributed by atoms with Crippen molar-refractivity contribution < 1.29 is 52.8 Å². The Morgan fingerprint density at radius 1 is 1.12 bits per heavy atom. The molecule has 0 aliphatic heterocycles. The fourth-order valence-corrected chi connectivity index (χ4v) is 3.34. The van der Waals surface area contributed by atoms with Crippen LogP contribution in [0.4, 0.5) is 0 Å². The zero-order chi connectivity index (χ0) is 16.2. The van der Waals surface area contributed by atoms with E-state index in [1.54, 1.807) is 0 Å². The Kier molecular flexibility index (Phi) is 7.76. The number of aryl methyl sites for hydroxylation is 1. The fraction of sp³-hybridized carbons (Fsp3) is 0.273. The summed E-state index contributed by atoms with van der Waals surface area (Å²) in [4.78, 5) is 4.93. The molecule has 0 fully saturated rings. The zero-order valence-corrected chi connectivity index (χ0v) is 21.3. The number of pyridine rings is 1. The monoisotopic (exact) mass is 598 g/mol. The quantitative estimate of drug-likeness (QED) is 0.201. The minimum Gasteiger partial charge on any atom is -0.358 e. The van der Waals surface area contributed by atoms with E-state index < -0.39 is 0 Å². The number of hydrogen-bond donors (Lipinski definition) is 0. The van der Waals surface area contributed by atoms with Crippen LogP contribution in [0.15, 0.2) is 42.6 Å². The molecule has 0 saturated carbocycles. The van der Waals surface area contributed by atoms with Crippen molar-refractivity contribution in [3.63, 3.8) is 0 Å². The maximum absolute atomic E-state index is 4.93. The summed E-state index contributed by atoms with van der Waals surface area (Å²) in [6, 6.07) is 16.2. The maximum Gasteiger partial charge on any atom is 0.0612 e. The summed E-state index contributed by atoms with van der Waals surface area (Å²) < 4.78 is 2.23. The third kappa shape index (κ3) is 4.28. The number of benzene rings is 2. The minimum atomic E-state index is 0. The molecule has 0 unspecified atom stereocenters. The summed E-state index contributed by atoms with van der Waals surface area (Å²) in [5.41, 5.74) is 4.87. The molecule has 0 amide bonds. The van der Waals surface area contributed by atoms with E-state index in [1.807, 2.05) is 6.07 Å². The first kappa shape index (κ1) is 23.4. The maximum atomic E-state index is 4.93. The second kappa shape index (κ2) is 8.61. The Morgan fingerprint density at radius 3 is 2.54 bits per heavy atom. The van der Waals surface area contributed by atoms with Gasteiger partial charge in [0.05, 0.1) is 5.65 Å². The number of rotatable bonds is 1. The van der Waals surface area contributed by atoms with E-state index in [9.17, 15) is 0 Å². The molecule has 2 radical (unpaired) electrons. The first-order chi connectivity index (χ1) is 10.9. The molecular formula is C22H24IrN2Y-2. The van der Waals surface area contributed by atoms with Gasteiger partial charge in [-0.15, -0.1) is 29.7 Å². The number of fused-ring (bicyclic) bond motifs is 6. The summed E-state index contributed by atoms with van der Waals surface area (Å²) in [7, 11) is 0. The first-order valence-electron chi connectivity index (χ1n) is 8.13. The van der Waals surface area contributed by atoms with Crippen LogP contribution in [-0.4, -0.2) is 9.38 Å². The van der Waals surface area contributed by atoms with Crippen LogP contribution in [0.2, 0.25) is 0 Å². The number of aromatic nitrogens is 2. The van der Waals surface area contributed by atoms with Gasteiger partial charge in [-0.1, -0.05) is 43.9 Å². The molecule has 4 rings (SSSR count). The van der Waals surface area contributed by atoms with E-state index >= 15 is 0 Å². The van der Waals surface area contributed by atoms with Crippen LogP contribution in [0, 0.1) is 25.8 Å². The second-order valence-corrected chi connectivity index (χ2v) is 7.64. The van der Waals surface area contributed by atoms with Crippen molar-refractivity contribution in [2.75, 3.05) is 0 Å². The average Bonchev–Trinajstić information content (AvgIpc) is 2.89. The average molecular weight is 598 g/mol. The number of imidazole rings is 1. The predicted molar refractivity (Wildman–Crippen MR) is 103 cm³/mol. The van der Waals surface area contributed by atoms with Gasteiger partial charge in [-0.3, -0.25) is 4.98 Å². The van der Waals surface area contributed by atoms with Gasteiger partial charge < -0.3 is 11.8 Å². The largest absolute Gasteiger partial charge is 0.358 e. The smallest absolute Gasteiger partial charge is 0.0612 e. The Hall–Kier alpha value is -0.597. The molecule has 0 aliphatic rings. The van der Waals surface area contributed by atoms with Crippen LogP contribution >= 0.6 is 0 Å². The Labute approximate surface area is 195 Å². The van der Waals surface area contributed by atoms with E-state index in [0.717, 1.165) is 23.1 Å². The van der Waals surface area contributed by atoms with Gasteiger partial charge in [0.15, 0.2) is 0 Å². The summed E-state index contributed by atoms with van der Waals surface area (Å²) in [6.07, 6.45) is 3.16. The topological polar surface area (TPSA) is 17.3 Å². The molecule has 136 valence electrons. The predicted octanol–water partition coefficient (Wildman–Crippen LogP) is 5.78. The third-order valence-corrected chi connectivity index (χ3v) is 4.25. The molecule has 0 aliphatic carbocycles. The summed E-state index contributed by atoms with van der Waals surface area (Å²) in [5, 5.41) is 3.60. The van der Waals surface area contributed by atoms with Crippen LogP contribution < -0.4 is 0 Å². The Bertz CT molecular complexity index is 1040. The number of nitrogens with zero attached hydrogens (tertiary/aromatic N) is 2. The molecule has 2 aromatic carbocycles. The molecule has 0 N–H and O–H groups in total. The molecule has 0 bridgehead atoms. The minimum absolute atomic E-state index is 0. The first-order valence-corrected chi connectivity index (χ1v) is 8.13. The summed E-state index contributed by atoms with van der Waals surface area (Å²) in [6.45, 7) is 8.90. The van der Waals surface area contributed by atoms with Crippen molar-refractivity contribution in [1.82, 2.24) is 9.38 Å². The van der Waals surface area contributed by atoms with Crippen LogP contribution in [0.3, 0.4) is 0 Å². The van der Waals surface area contributed by atoms with Gasteiger partial charge in [0.1, 0.15) is 0 Å². The van der Waals surface area contributed by atoms with Crippen LogP contribution in [-0.2, 0) is 59.2 Å². The van der Waals surface area contributed by atoms with E-state index in [4.69, 9.17) is 4.98 Å². The van der Waals surface area contributed by atoms with Crippen molar-refractivity contribution in [1.29, 1.82) is 0 Å². The van der Waals surface area contributed by atoms with Gasteiger partial charge in [0, 0.05) is 70.2 Å². The molecule has 0 saturated heterocycles. The number of hydrogen-bond acceptors (Lipinski definition) is 1. The van der Waals surface area contributed by atoms with Crippen molar-refractivity contribution in [2.45, 2.75) is 34.1 Å². The van der Waals surface area contributed by atoms with Gasteiger partial charge in [-0.05, 0) is 30.2 Å². The van der Waals surface area contributed by atoms with Crippen molar-refractivity contribution >= 4 is 27.3 Å². The summed E-state index contributed by atoms with van der Waals surface area (Å²) >= 11 is 0. The van der Waals surface area contributed by atoms with Crippen LogP contribution in [0.25, 0.3) is 27.3 Å². The molecule has 2 nitrogen and oxygen atoms in total. The van der Waals surface area contributed by atoms with E-state index in [1.165, 1.54) is 21.9 Å². The van der Waals surface area contributed by atoms with E-state index in [2.05, 4.69) is 74.7 Å². The molecule has 0 spiro atoms. The molecule has 4 aromatic rings. The Balaban J connectivity index is 0.00000113. The molecule has 4 heteroatoms. The van der Waals surface area contributed by atoms with Crippen LogP contribution in [0.5, 0.6) is 0 Å². The molecular weight excluding hydrogens is 573 g/mol. The van der Waals surface area contributed by atoms with Gasteiger partial charge >= 0.3 is 0 Å². The molecule has 2 heterocycles. The fourth-order valence-electron chi connectivity index (χ4n) is 3.34.